The number of carbonyl (C=O) groups is 1. The molecule has 3 aliphatic rings. The summed E-state index contributed by atoms with van der Waals surface area (Å²) in [5.41, 5.74) is 2.96. The van der Waals surface area contributed by atoms with E-state index >= 15 is 0 Å². The van der Waals surface area contributed by atoms with Crippen molar-refractivity contribution in [3.05, 3.63) is 53.9 Å². The summed E-state index contributed by atoms with van der Waals surface area (Å²) in [6, 6.07) is 12.3. The molecule has 2 aliphatic heterocycles. The van der Waals surface area contributed by atoms with Crippen LogP contribution in [0.25, 0.3) is 11.0 Å². The van der Waals surface area contributed by atoms with Gasteiger partial charge in [-0.05, 0) is 56.5 Å². The zero-order chi connectivity index (χ0) is 25.6. The molecular weight excluding hydrogens is 468 g/mol. The quantitative estimate of drug-likeness (QED) is 0.459. The third-order valence-electron chi connectivity index (χ3n) is 7.73. The van der Waals surface area contributed by atoms with Gasteiger partial charge >= 0.3 is 0 Å². The van der Waals surface area contributed by atoms with Crippen LogP contribution in [-0.4, -0.2) is 63.7 Å². The Morgan fingerprint density at radius 1 is 1.14 bits per heavy atom. The van der Waals surface area contributed by atoms with Crippen LogP contribution in [0.2, 0.25) is 0 Å². The van der Waals surface area contributed by atoms with E-state index in [-0.39, 0.29) is 5.91 Å². The number of amides is 1. The highest BCUT2D eigenvalue weighted by molar-refractivity contribution is 5.95. The zero-order valence-electron chi connectivity index (χ0n) is 21.8. The molecule has 8 heteroatoms. The maximum Gasteiger partial charge on any atom is 0.254 e. The highest BCUT2D eigenvalue weighted by atomic mass is 16.7. The van der Waals surface area contributed by atoms with Crippen molar-refractivity contribution in [1.82, 2.24) is 19.8 Å². The van der Waals surface area contributed by atoms with Gasteiger partial charge in [0, 0.05) is 38.0 Å². The van der Waals surface area contributed by atoms with E-state index in [9.17, 15) is 4.79 Å². The zero-order valence-corrected chi connectivity index (χ0v) is 21.8. The Morgan fingerprint density at radius 3 is 2.70 bits per heavy atom. The number of para-hydroxylation sites is 2. The summed E-state index contributed by atoms with van der Waals surface area (Å²) in [5.74, 6) is 0.654. The molecule has 2 fully saturated rings. The standard InChI is InChI=1S/C29H34N4O4/c1-29(2)36-26-15-19(14-25(35-3)27(26)37-29)28(34)32(18-22-10-7-13-33(22)21-8-6-9-21)17-20-16-30-23-11-4-5-12-24(23)31-20/h4-5,11-12,14-16,21-22H,6-10,13,17-18H2,1-3H3/t22-/m0/s1. The lowest BCUT2D eigenvalue weighted by Gasteiger charge is -2.40. The molecule has 194 valence electrons. The van der Waals surface area contributed by atoms with E-state index < -0.39 is 5.79 Å². The molecule has 37 heavy (non-hydrogen) atoms. The Kier molecular flexibility index (Phi) is 6.15. The molecule has 6 rings (SSSR count). The van der Waals surface area contributed by atoms with Crippen molar-refractivity contribution < 1.29 is 19.0 Å². The molecule has 1 saturated heterocycles. The lowest BCUT2D eigenvalue weighted by atomic mass is 9.91. The van der Waals surface area contributed by atoms with Crippen LogP contribution in [0.5, 0.6) is 17.2 Å². The molecule has 0 bridgehead atoms. The molecular formula is C29H34N4O4. The van der Waals surface area contributed by atoms with Crippen molar-refractivity contribution in [2.45, 2.75) is 70.4 Å². The van der Waals surface area contributed by atoms with Crippen LogP contribution in [0.15, 0.2) is 42.6 Å². The van der Waals surface area contributed by atoms with Gasteiger partial charge in [-0.15, -0.1) is 0 Å². The number of nitrogens with zero attached hydrogens (tertiary/aromatic N) is 4. The normalized spacial score (nSPS) is 20.7. The summed E-state index contributed by atoms with van der Waals surface area (Å²) in [6.45, 7) is 5.82. The van der Waals surface area contributed by atoms with E-state index in [0.717, 1.165) is 29.7 Å². The monoisotopic (exact) mass is 502 g/mol. The summed E-state index contributed by atoms with van der Waals surface area (Å²) in [7, 11) is 1.58. The van der Waals surface area contributed by atoms with Crippen LogP contribution in [0.1, 0.15) is 62.0 Å². The number of fused-ring (bicyclic) bond motifs is 2. The number of carbonyl (C=O) groups excluding carboxylic acids is 1. The fourth-order valence-corrected chi connectivity index (χ4v) is 5.74. The molecule has 1 amide bonds. The van der Waals surface area contributed by atoms with E-state index in [1.807, 2.05) is 43.0 Å². The summed E-state index contributed by atoms with van der Waals surface area (Å²) >= 11 is 0. The highest BCUT2D eigenvalue weighted by Crippen LogP contribution is 2.47. The predicted molar refractivity (Wildman–Crippen MR) is 140 cm³/mol. The largest absolute Gasteiger partial charge is 0.493 e. The fraction of sp³-hybridized carbons (Fsp3) is 0.483. The minimum atomic E-state index is -0.815. The second kappa shape index (κ2) is 9.49. The van der Waals surface area contributed by atoms with Crippen molar-refractivity contribution in [2.24, 2.45) is 0 Å². The van der Waals surface area contributed by atoms with Gasteiger partial charge < -0.3 is 19.1 Å². The topological polar surface area (TPSA) is 77.0 Å². The van der Waals surface area contributed by atoms with Gasteiger partial charge in [0.1, 0.15) is 0 Å². The maximum absolute atomic E-state index is 14.1. The average molecular weight is 503 g/mol. The molecule has 0 radical (unpaired) electrons. The molecule has 1 aromatic heterocycles. The number of rotatable bonds is 7. The maximum atomic E-state index is 14.1. The minimum Gasteiger partial charge on any atom is -0.493 e. The van der Waals surface area contributed by atoms with E-state index in [0.29, 0.717) is 48.0 Å². The number of ether oxygens (including phenoxy) is 3. The van der Waals surface area contributed by atoms with Crippen molar-refractivity contribution in [1.29, 1.82) is 0 Å². The number of methoxy groups -OCH3 is 1. The molecule has 2 aromatic carbocycles. The van der Waals surface area contributed by atoms with Gasteiger partial charge in [-0.25, -0.2) is 4.98 Å². The SMILES string of the molecule is COc1cc(C(=O)N(Cc2cnc3ccccc3n2)C[C@@H]2CCCN2C2CCC2)cc2c1OC(C)(C)O2. The van der Waals surface area contributed by atoms with Crippen LogP contribution >= 0.6 is 0 Å². The van der Waals surface area contributed by atoms with Gasteiger partial charge in [0.05, 0.1) is 36.6 Å². The number of hydrogen-bond acceptors (Lipinski definition) is 7. The van der Waals surface area contributed by atoms with Crippen molar-refractivity contribution in [3.8, 4) is 17.2 Å². The minimum absolute atomic E-state index is 0.0789. The van der Waals surface area contributed by atoms with Crippen LogP contribution < -0.4 is 14.2 Å². The number of aromatic nitrogens is 2. The molecule has 1 atom stereocenters. The van der Waals surface area contributed by atoms with Gasteiger partial charge in [0.25, 0.3) is 5.91 Å². The van der Waals surface area contributed by atoms with Crippen molar-refractivity contribution in [2.75, 3.05) is 20.2 Å². The molecule has 1 saturated carbocycles. The van der Waals surface area contributed by atoms with Crippen molar-refractivity contribution in [3.63, 3.8) is 0 Å². The first kappa shape index (κ1) is 24.0. The van der Waals surface area contributed by atoms with Gasteiger partial charge in [-0.2, -0.15) is 0 Å². The fourth-order valence-electron chi connectivity index (χ4n) is 5.74. The Labute approximate surface area is 217 Å². The highest BCUT2D eigenvalue weighted by Gasteiger charge is 2.38. The average Bonchev–Trinajstić information content (AvgIpc) is 3.43. The first-order valence-corrected chi connectivity index (χ1v) is 13.3. The van der Waals surface area contributed by atoms with E-state index in [1.54, 1.807) is 25.4 Å². The van der Waals surface area contributed by atoms with Crippen LogP contribution in [-0.2, 0) is 6.54 Å². The number of benzene rings is 2. The number of likely N-dealkylation sites (tertiary alicyclic amines) is 1. The summed E-state index contributed by atoms with van der Waals surface area (Å²) in [4.78, 5) is 28.0. The van der Waals surface area contributed by atoms with E-state index in [2.05, 4.69) is 9.88 Å². The second-order valence-corrected chi connectivity index (χ2v) is 10.8. The molecule has 0 N–H and O–H groups in total. The van der Waals surface area contributed by atoms with Crippen molar-refractivity contribution >= 4 is 16.9 Å². The van der Waals surface area contributed by atoms with Crippen LogP contribution in [0, 0.1) is 0 Å². The molecule has 8 nitrogen and oxygen atoms in total. The smallest absolute Gasteiger partial charge is 0.254 e. The summed E-state index contributed by atoms with van der Waals surface area (Å²) < 4.78 is 17.5. The first-order chi connectivity index (χ1) is 17.9. The van der Waals surface area contributed by atoms with Gasteiger partial charge in [-0.1, -0.05) is 18.6 Å². The molecule has 3 aromatic rings. The Balaban J connectivity index is 1.32. The third-order valence-corrected chi connectivity index (χ3v) is 7.73. The van der Waals surface area contributed by atoms with Gasteiger partial charge in [0.15, 0.2) is 11.5 Å². The Morgan fingerprint density at radius 2 is 1.95 bits per heavy atom. The van der Waals surface area contributed by atoms with E-state index in [4.69, 9.17) is 19.2 Å². The lowest BCUT2D eigenvalue weighted by Crippen LogP contribution is -2.48. The summed E-state index contributed by atoms with van der Waals surface area (Å²) in [5, 5.41) is 0. The molecule has 0 spiro atoms. The molecule has 0 unspecified atom stereocenters. The van der Waals surface area contributed by atoms with E-state index in [1.165, 1.54) is 25.7 Å². The molecule has 1 aliphatic carbocycles. The third kappa shape index (κ3) is 4.70. The molecule has 3 heterocycles. The first-order valence-electron chi connectivity index (χ1n) is 13.3. The second-order valence-electron chi connectivity index (χ2n) is 10.8. The van der Waals surface area contributed by atoms with Crippen LogP contribution in [0.3, 0.4) is 0 Å². The van der Waals surface area contributed by atoms with Gasteiger partial charge in [0.2, 0.25) is 11.5 Å². The Bertz CT molecular complexity index is 1320. The van der Waals surface area contributed by atoms with Crippen LogP contribution in [0.4, 0.5) is 0 Å². The Hall–Kier alpha value is -3.39. The lowest BCUT2D eigenvalue weighted by molar-refractivity contribution is -0.0439. The summed E-state index contributed by atoms with van der Waals surface area (Å²) in [6.07, 6.45) is 7.87. The van der Waals surface area contributed by atoms with Gasteiger partial charge in [-0.3, -0.25) is 14.7 Å². The predicted octanol–water partition coefficient (Wildman–Crippen LogP) is 4.81. The number of hydrogen-bond donors (Lipinski definition) is 0.